The molecule has 1 aliphatic rings. The van der Waals surface area contributed by atoms with Crippen molar-refractivity contribution in [2.45, 2.75) is 77.4 Å². The maximum atomic E-state index is 12.4. The molecule has 0 aromatic heterocycles. The van der Waals surface area contributed by atoms with Crippen LogP contribution < -0.4 is 5.32 Å². The second-order valence-electron chi connectivity index (χ2n) is 8.35. The smallest absolute Gasteiger partial charge is 0.408 e. The number of hydrogen-bond acceptors (Lipinski definition) is 4. The van der Waals surface area contributed by atoms with Gasteiger partial charge in [0.2, 0.25) is 0 Å². The SMILES string of the molecule is CCC1CC1(NC(=O)OCC[Si](C)(C)C)C(=O)OC(C)(C)C. The normalized spacial score (nSPS) is 24.6. The Labute approximate surface area is 135 Å². The molecule has 1 rings (SSSR count). The first-order chi connectivity index (χ1) is 9.89. The van der Waals surface area contributed by atoms with Crippen LogP contribution in [0.1, 0.15) is 40.5 Å². The summed E-state index contributed by atoms with van der Waals surface area (Å²) in [5.41, 5.74) is -1.45. The van der Waals surface area contributed by atoms with Gasteiger partial charge in [0.1, 0.15) is 11.1 Å². The highest BCUT2D eigenvalue weighted by atomic mass is 28.3. The lowest BCUT2D eigenvalue weighted by molar-refractivity contribution is -0.159. The fourth-order valence-corrected chi connectivity index (χ4v) is 3.03. The van der Waals surface area contributed by atoms with Crippen LogP contribution in [-0.2, 0) is 14.3 Å². The number of nitrogens with one attached hydrogen (secondary N) is 1. The van der Waals surface area contributed by atoms with Crippen LogP contribution in [0.2, 0.25) is 25.7 Å². The van der Waals surface area contributed by atoms with E-state index in [-0.39, 0.29) is 11.9 Å². The molecule has 22 heavy (non-hydrogen) atoms. The molecule has 0 aromatic carbocycles. The zero-order valence-electron chi connectivity index (χ0n) is 15.0. The summed E-state index contributed by atoms with van der Waals surface area (Å²) in [4.78, 5) is 24.4. The number of amides is 1. The molecule has 128 valence electrons. The summed E-state index contributed by atoms with van der Waals surface area (Å²) in [6.45, 7) is 14.6. The maximum Gasteiger partial charge on any atom is 0.408 e. The second-order valence-corrected chi connectivity index (χ2v) is 14.0. The Morgan fingerprint density at radius 1 is 1.27 bits per heavy atom. The molecule has 0 aliphatic heterocycles. The minimum absolute atomic E-state index is 0.131. The number of carbonyl (C=O) groups excluding carboxylic acids is 2. The summed E-state index contributed by atoms with van der Waals surface area (Å²) in [5.74, 6) is -0.221. The fraction of sp³-hybridized carbons (Fsp3) is 0.875. The van der Waals surface area contributed by atoms with E-state index in [9.17, 15) is 9.59 Å². The Morgan fingerprint density at radius 3 is 2.27 bits per heavy atom. The number of ether oxygens (including phenoxy) is 2. The van der Waals surface area contributed by atoms with E-state index in [1.54, 1.807) is 0 Å². The minimum atomic E-state index is -1.24. The van der Waals surface area contributed by atoms with E-state index in [0.717, 1.165) is 12.5 Å². The summed E-state index contributed by atoms with van der Waals surface area (Å²) in [7, 11) is -1.24. The van der Waals surface area contributed by atoms with Gasteiger partial charge in [0.15, 0.2) is 0 Å². The van der Waals surface area contributed by atoms with Crippen molar-refractivity contribution >= 4 is 20.1 Å². The lowest BCUT2D eigenvalue weighted by atomic mass is 10.1. The van der Waals surface area contributed by atoms with Crippen LogP contribution in [0.4, 0.5) is 4.79 Å². The van der Waals surface area contributed by atoms with Crippen LogP contribution >= 0.6 is 0 Å². The third kappa shape index (κ3) is 5.63. The molecular weight excluding hydrogens is 298 g/mol. The average molecular weight is 330 g/mol. The highest BCUT2D eigenvalue weighted by Gasteiger charge is 2.62. The van der Waals surface area contributed by atoms with Gasteiger partial charge in [-0.25, -0.2) is 9.59 Å². The summed E-state index contributed by atoms with van der Waals surface area (Å²) < 4.78 is 10.7. The van der Waals surface area contributed by atoms with E-state index < -0.39 is 25.3 Å². The molecule has 5 nitrogen and oxygen atoms in total. The van der Waals surface area contributed by atoms with Gasteiger partial charge >= 0.3 is 12.1 Å². The largest absolute Gasteiger partial charge is 0.458 e. The number of hydrogen-bond donors (Lipinski definition) is 1. The summed E-state index contributed by atoms with van der Waals surface area (Å²) in [5, 5.41) is 2.76. The van der Waals surface area contributed by atoms with Crippen LogP contribution in [-0.4, -0.2) is 37.9 Å². The van der Waals surface area contributed by atoms with Crippen molar-refractivity contribution in [2.75, 3.05) is 6.61 Å². The molecular formula is C16H31NO4Si. The summed E-state index contributed by atoms with van der Waals surface area (Å²) in [6.07, 6.45) is 0.940. The van der Waals surface area contributed by atoms with Crippen LogP contribution in [0.15, 0.2) is 0 Å². The zero-order valence-corrected chi connectivity index (χ0v) is 16.0. The minimum Gasteiger partial charge on any atom is -0.458 e. The molecule has 0 bridgehead atoms. The molecule has 1 N–H and O–H groups in total. The highest BCUT2D eigenvalue weighted by molar-refractivity contribution is 6.76. The molecule has 1 aliphatic carbocycles. The van der Waals surface area contributed by atoms with Crippen molar-refractivity contribution < 1.29 is 19.1 Å². The Morgan fingerprint density at radius 2 is 1.86 bits per heavy atom. The fourth-order valence-electron chi connectivity index (χ4n) is 2.31. The predicted octanol–water partition coefficient (Wildman–Crippen LogP) is 3.56. The summed E-state index contributed by atoms with van der Waals surface area (Å²) in [6, 6.07) is 0.914. The van der Waals surface area contributed by atoms with E-state index in [0.29, 0.717) is 13.0 Å². The molecule has 1 amide bonds. The first kappa shape index (κ1) is 19.0. The molecule has 0 spiro atoms. The molecule has 1 saturated carbocycles. The molecule has 0 heterocycles. The summed E-state index contributed by atoms with van der Waals surface area (Å²) >= 11 is 0. The Bertz CT molecular complexity index is 425. The van der Waals surface area contributed by atoms with Crippen molar-refractivity contribution in [1.29, 1.82) is 0 Å². The van der Waals surface area contributed by atoms with E-state index in [2.05, 4.69) is 25.0 Å². The number of carbonyl (C=O) groups is 2. The third-order valence-electron chi connectivity index (χ3n) is 3.77. The lowest BCUT2D eigenvalue weighted by Crippen LogP contribution is -2.48. The number of alkyl carbamates (subject to hydrolysis) is 1. The molecule has 0 aromatic rings. The molecule has 6 heteroatoms. The van der Waals surface area contributed by atoms with Crippen molar-refractivity contribution in [1.82, 2.24) is 5.32 Å². The van der Waals surface area contributed by atoms with Crippen molar-refractivity contribution in [2.24, 2.45) is 5.92 Å². The maximum absolute atomic E-state index is 12.4. The predicted molar refractivity (Wildman–Crippen MR) is 89.6 cm³/mol. The van der Waals surface area contributed by atoms with Gasteiger partial charge < -0.3 is 14.8 Å². The van der Waals surface area contributed by atoms with Gasteiger partial charge in [-0.1, -0.05) is 33.0 Å². The van der Waals surface area contributed by atoms with Gasteiger partial charge in [-0.15, -0.1) is 0 Å². The standard InChI is InChI=1S/C16H31NO4Si/c1-8-12-11-16(12,13(18)21-15(2,3)4)17-14(19)20-9-10-22(5,6)7/h12H,8-11H2,1-7H3,(H,17,19). The number of esters is 1. The third-order valence-corrected chi connectivity index (χ3v) is 5.48. The van der Waals surface area contributed by atoms with Gasteiger partial charge in [0.25, 0.3) is 0 Å². The topological polar surface area (TPSA) is 64.6 Å². The highest BCUT2D eigenvalue weighted by Crippen LogP contribution is 2.47. The number of rotatable bonds is 6. The van der Waals surface area contributed by atoms with Crippen LogP contribution in [0.25, 0.3) is 0 Å². The van der Waals surface area contributed by atoms with E-state index in [1.807, 2.05) is 27.7 Å². The van der Waals surface area contributed by atoms with E-state index in [4.69, 9.17) is 9.47 Å². The van der Waals surface area contributed by atoms with Gasteiger partial charge in [0, 0.05) is 8.07 Å². The Hall–Kier alpha value is -1.04. The molecule has 2 atom stereocenters. The van der Waals surface area contributed by atoms with Crippen LogP contribution in [0, 0.1) is 5.92 Å². The van der Waals surface area contributed by atoms with Gasteiger partial charge in [0.05, 0.1) is 6.61 Å². The van der Waals surface area contributed by atoms with Gasteiger partial charge in [-0.3, -0.25) is 0 Å². The second kappa shape index (κ2) is 6.60. The van der Waals surface area contributed by atoms with Gasteiger partial charge in [-0.2, -0.15) is 0 Å². The molecule has 0 radical (unpaired) electrons. The zero-order chi connectivity index (χ0) is 17.2. The lowest BCUT2D eigenvalue weighted by Gasteiger charge is -2.25. The van der Waals surface area contributed by atoms with Crippen LogP contribution in [0.5, 0.6) is 0 Å². The van der Waals surface area contributed by atoms with Crippen molar-refractivity contribution in [3.8, 4) is 0 Å². The van der Waals surface area contributed by atoms with Crippen LogP contribution in [0.3, 0.4) is 0 Å². The molecule has 1 fully saturated rings. The van der Waals surface area contributed by atoms with E-state index >= 15 is 0 Å². The van der Waals surface area contributed by atoms with Gasteiger partial charge in [-0.05, 0) is 39.2 Å². The van der Waals surface area contributed by atoms with Crippen molar-refractivity contribution in [3.05, 3.63) is 0 Å². The Kier molecular flexibility index (Phi) is 5.70. The first-order valence-electron chi connectivity index (χ1n) is 8.08. The molecule has 0 saturated heterocycles. The van der Waals surface area contributed by atoms with E-state index in [1.165, 1.54) is 0 Å². The van der Waals surface area contributed by atoms with Crippen molar-refractivity contribution in [3.63, 3.8) is 0 Å². The first-order valence-corrected chi connectivity index (χ1v) is 11.8. The Balaban J connectivity index is 2.58. The molecule has 2 unspecified atom stereocenters. The average Bonchev–Trinajstić information content (AvgIpc) is 2.99. The monoisotopic (exact) mass is 329 g/mol. The quantitative estimate of drug-likeness (QED) is 0.598.